The van der Waals surface area contributed by atoms with Crippen molar-refractivity contribution in [2.24, 2.45) is 5.92 Å². The van der Waals surface area contributed by atoms with Gasteiger partial charge in [0.25, 0.3) is 0 Å². The number of Topliss-reactive ketones (excluding diaryl/α,β-unsaturated/α-hetero) is 1. The van der Waals surface area contributed by atoms with Gasteiger partial charge in [0.05, 0.1) is 22.1 Å². The van der Waals surface area contributed by atoms with Crippen LogP contribution in [0.25, 0.3) is 21.3 Å². The zero-order chi connectivity index (χ0) is 18.8. The number of aromatic nitrogens is 3. The highest BCUT2D eigenvalue weighted by Gasteiger charge is 2.27. The van der Waals surface area contributed by atoms with E-state index in [0.29, 0.717) is 18.2 Å². The molecule has 0 atom stereocenters. The molecular formula is C21H24N4OS. The molecule has 1 fully saturated rings. The van der Waals surface area contributed by atoms with E-state index in [1.807, 2.05) is 24.0 Å². The average molecular weight is 381 g/mol. The fourth-order valence-electron chi connectivity index (χ4n) is 3.90. The number of pyridine rings is 2. The van der Waals surface area contributed by atoms with Crippen LogP contribution in [0.1, 0.15) is 31.4 Å². The van der Waals surface area contributed by atoms with Crippen molar-refractivity contribution >= 4 is 28.0 Å². The van der Waals surface area contributed by atoms with E-state index >= 15 is 0 Å². The molecule has 3 heterocycles. The normalized spacial score (nSPS) is 20.3. The average Bonchev–Trinajstić information content (AvgIpc) is 3.22. The van der Waals surface area contributed by atoms with Gasteiger partial charge in [-0.1, -0.05) is 0 Å². The molecule has 1 aliphatic carbocycles. The lowest BCUT2D eigenvalue weighted by atomic mass is 9.82. The molecule has 27 heavy (non-hydrogen) atoms. The maximum atomic E-state index is 12.8. The molecule has 0 N–H and O–H groups in total. The van der Waals surface area contributed by atoms with E-state index in [0.717, 1.165) is 52.7 Å². The first kappa shape index (κ1) is 18.2. The molecule has 0 bridgehead atoms. The summed E-state index contributed by atoms with van der Waals surface area (Å²) in [7, 11) is 4.25. The molecule has 0 aromatic carbocycles. The summed E-state index contributed by atoms with van der Waals surface area (Å²) in [6.07, 6.45) is 10.1. The third-order valence-electron chi connectivity index (χ3n) is 5.58. The summed E-state index contributed by atoms with van der Waals surface area (Å²) < 4.78 is 0. The van der Waals surface area contributed by atoms with E-state index in [2.05, 4.69) is 40.0 Å². The number of ketones is 1. The summed E-state index contributed by atoms with van der Waals surface area (Å²) in [5.74, 6) is 0.506. The number of hydrogen-bond acceptors (Lipinski definition) is 6. The third kappa shape index (κ3) is 4.06. The van der Waals surface area contributed by atoms with Crippen molar-refractivity contribution in [2.75, 3.05) is 14.1 Å². The van der Waals surface area contributed by atoms with Crippen LogP contribution in [-0.4, -0.2) is 45.8 Å². The Morgan fingerprint density at radius 1 is 1.11 bits per heavy atom. The molecule has 1 saturated carbocycles. The standard InChI is InChI=1S/C21H24N4OS/c1-25(2)18-5-3-14(4-6-18)20(26)9-17-8-15-7-16(21-12-22-13-27-21)10-24-19(15)11-23-17/h7-8,10-14,18H,3-6,9H2,1-2H3. The van der Waals surface area contributed by atoms with Crippen molar-refractivity contribution in [3.8, 4) is 10.4 Å². The van der Waals surface area contributed by atoms with Crippen molar-refractivity contribution in [1.82, 2.24) is 19.9 Å². The Balaban J connectivity index is 1.48. The van der Waals surface area contributed by atoms with Crippen LogP contribution in [0.4, 0.5) is 0 Å². The summed E-state index contributed by atoms with van der Waals surface area (Å²) in [6, 6.07) is 4.73. The van der Waals surface area contributed by atoms with Crippen LogP contribution in [0.5, 0.6) is 0 Å². The lowest BCUT2D eigenvalue weighted by Crippen LogP contribution is -2.34. The van der Waals surface area contributed by atoms with Gasteiger partial charge in [-0.3, -0.25) is 19.7 Å². The topological polar surface area (TPSA) is 59.0 Å². The minimum Gasteiger partial charge on any atom is -0.306 e. The lowest BCUT2D eigenvalue weighted by Gasteiger charge is -2.31. The molecule has 140 valence electrons. The number of thiazole rings is 1. The second kappa shape index (κ2) is 7.82. The van der Waals surface area contributed by atoms with Crippen molar-refractivity contribution in [1.29, 1.82) is 0 Å². The van der Waals surface area contributed by atoms with Crippen LogP contribution in [0, 0.1) is 5.92 Å². The van der Waals surface area contributed by atoms with Gasteiger partial charge in [0.1, 0.15) is 5.78 Å². The molecule has 0 amide bonds. The molecule has 5 nitrogen and oxygen atoms in total. The third-order valence-corrected chi connectivity index (χ3v) is 6.40. The molecular weight excluding hydrogens is 356 g/mol. The zero-order valence-corrected chi connectivity index (χ0v) is 16.6. The molecule has 0 unspecified atom stereocenters. The number of carbonyl (C=O) groups excluding carboxylic acids is 1. The molecule has 6 heteroatoms. The number of hydrogen-bond donors (Lipinski definition) is 0. The first-order valence-electron chi connectivity index (χ1n) is 9.43. The predicted molar refractivity (Wildman–Crippen MR) is 109 cm³/mol. The number of nitrogens with zero attached hydrogens (tertiary/aromatic N) is 4. The quantitative estimate of drug-likeness (QED) is 0.670. The van der Waals surface area contributed by atoms with Gasteiger partial charge in [-0.25, -0.2) is 0 Å². The Morgan fingerprint density at radius 2 is 1.93 bits per heavy atom. The van der Waals surface area contributed by atoms with Crippen LogP contribution in [0.3, 0.4) is 0 Å². The van der Waals surface area contributed by atoms with Gasteiger partial charge < -0.3 is 4.90 Å². The Kier molecular flexibility index (Phi) is 5.27. The van der Waals surface area contributed by atoms with Gasteiger partial charge >= 0.3 is 0 Å². The van der Waals surface area contributed by atoms with Crippen molar-refractivity contribution in [2.45, 2.75) is 38.1 Å². The fraction of sp³-hybridized carbons (Fsp3) is 0.429. The maximum absolute atomic E-state index is 12.8. The van der Waals surface area contributed by atoms with Crippen LogP contribution in [-0.2, 0) is 11.2 Å². The van der Waals surface area contributed by atoms with E-state index in [9.17, 15) is 4.79 Å². The molecule has 0 aliphatic heterocycles. The summed E-state index contributed by atoms with van der Waals surface area (Å²) in [4.78, 5) is 29.2. The number of rotatable bonds is 5. The van der Waals surface area contributed by atoms with E-state index in [4.69, 9.17) is 0 Å². The largest absolute Gasteiger partial charge is 0.306 e. The minimum absolute atomic E-state index is 0.181. The molecule has 1 aliphatic rings. The molecule has 3 aromatic heterocycles. The van der Waals surface area contributed by atoms with Crippen LogP contribution < -0.4 is 0 Å². The van der Waals surface area contributed by atoms with Gasteiger partial charge in [0.15, 0.2) is 0 Å². The molecule has 3 aromatic rings. The highest BCUT2D eigenvalue weighted by Crippen LogP contribution is 2.29. The van der Waals surface area contributed by atoms with Gasteiger partial charge in [-0.2, -0.15) is 0 Å². The Morgan fingerprint density at radius 3 is 2.63 bits per heavy atom. The highest BCUT2D eigenvalue weighted by molar-refractivity contribution is 7.13. The molecule has 4 rings (SSSR count). The first-order chi connectivity index (χ1) is 13.1. The van der Waals surface area contributed by atoms with E-state index < -0.39 is 0 Å². The van der Waals surface area contributed by atoms with Crippen molar-refractivity contribution in [3.05, 3.63) is 41.9 Å². The first-order valence-corrected chi connectivity index (χ1v) is 10.3. The maximum Gasteiger partial charge on any atom is 0.141 e. The minimum atomic E-state index is 0.181. The molecule has 0 radical (unpaired) electrons. The van der Waals surface area contributed by atoms with Crippen LogP contribution in [0.2, 0.25) is 0 Å². The van der Waals surface area contributed by atoms with Gasteiger partial charge in [0, 0.05) is 47.4 Å². The van der Waals surface area contributed by atoms with Crippen molar-refractivity contribution < 1.29 is 4.79 Å². The smallest absolute Gasteiger partial charge is 0.141 e. The monoisotopic (exact) mass is 380 g/mol. The number of fused-ring (bicyclic) bond motifs is 1. The molecule has 0 spiro atoms. The van der Waals surface area contributed by atoms with Crippen LogP contribution in [0.15, 0.2) is 36.2 Å². The Bertz CT molecular complexity index is 931. The second-order valence-corrected chi connectivity index (χ2v) is 8.46. The second-order valence-electron chi connectivity index (χ2n) is 7.57. The van der Waals surface area contributed by atoms with Gasteiger partial charge in [0.2, 0.25) is 0 Å². The lowest BCUT2D eigenvalue weighted by molar-refractivity contribution is -0.123. The number of carbonyl (C=O) groups is 1. The Labute approximate surface area is 163 Å². The summed E-state index contributed by atoms with van der Waals surface area (Å²) in [5.41, 5.74) is 4.56. The summed E-state index contributed by atoms with van der Waals surface area (Å²) >= 11 is 1.60. The SMILES string of the molecule is CN(C)C1CCC(C(=O)Cc2cc3cc(-c4cncs4)cnc3cn2)CC1. The summed E-state index contributed by atoms with van der Waals surface area (Å²) in [5, 5.41) is 1.02. The summed E-state index contributed by atoms with van der Waals surface area (Å²) in [6.45, 7) is 0. The fourth-order valence-corrected chi connectivity index (χ4v) is 4.51. The van der Waals surface area contributed by atoms with Gasteiger partial charge in [-0.15, -0.1) is 11.3 Å². The van der Waals surface area contributed by atoms with Gasteiger partial charge in [-0.05, 0) is 51.9 Å². The van der Waals surface area contributed by atoms with E-state index in [1.54, 1.807) is 17.5 Å². The predicted octanol–water partition coefficient (Wildman–Crippen LogP) is 3.99. The van der Waals surface area contributed by atoms with Crippen molar-refractivity contribution in [3.63, 3.8) is 0 Å². The van der Waals surface area contributed by atoms with E-state index in [1.165, 1.54) is 0 Å². The van der Waals surface area contributed by atoms with E-state index in [-0.39, 0.29) is 5.92 Å². The Hall–Kier alpha value is -2.18. The van der Waals surface area contributed by atoms with Crippen LogP contribution >= 0.6 is 11.3 Å². The molecule has 0 saturated heterocycles. The zero-order valence-electron chi connectivity index (χ0n) is 15.8. The highest BCUT2D eigenvalue weighted by atomic mass is 32.1.